The number of carbonyl (C=O) groups excluding carboxylic acids is 1. The molecule has 1 saturated carbocycles. The van der Waals surface area contributed by atoms with Crippen molar-refractivity contribution in [1.29, 1.82) is 0 Å². The molecule has 2 atom stereocenters. The summed E-state index contributed by atoms with van der Waals surface area (Å²) in [6.07, 6.45) is -7.85. The number of aliphatic hydroxyl groups is 1. The van der Waals surface area contributed by atoms with Crippen LogP contribution in [-0.2, 0) is 10.0 Å². The van der Waals surface area contributed by atoms with Crippen molar-refractivity contribution in [2.24, 2.45) is 11.3 Å². The van der Waals surface area contributed by atoms with Crippen LogP contribution in [0.25, 0.3) is 5.82 Å². The van der Waals surface area contributed by atoms with Gasteiger partial charge in [-0.15, -0.1) is 5.10 Å². The molecule has 5 rings (SSSR count). The molecule has 10 nitrogen and oxygen atoms in total. The van der Waals surface area contributed by atoms with Gasteiger partial charge < -0.3 is 14.7 Å². The van der Waals surface area contributed by atoms with Gasteiger partial charge in [-0.2, -0.15) is 13.2 Å². The van der Waals surface area contributed by atoms with Gasteiger partial charge in [0.25, 0.3) is 15.9 Å². The number of rotatable bonds is 9. The lowest BCUT2D eigenvalue weighted by Crippen LogP contribution is -2.41. The molecule has 0 spiro atoms. The Morgan fingerprint density at radius 3 is 2.57 bits per heavy atom. The predicted octanol–water partition coefficient (Wildman–Crippen LogP) is 4.09. The minimum Gasteiger partial charge on any atom is -0.474 e. The van der Waals surface area contributed by atoms with Gasteiger partial charge in [0.05, 0.1) is 15.9 Å². The van der Waals surface area contributed by atoms with Gasteiger partial charge in [-0.25, -0.2) is 22.8 Å². The summed E-state index contributed by atoms with van der Waals surface area (Å²) in [4.78, 5) is 19.1. The molecule has 2 N–H and O–H groups in total. The van der Waals surface area contributed by atoms with Crippen molar-refractivity contribution in [2.75, 3.05) is 18.1 Å². The number of halogens is 3. The van der Waals surface area contributed by atoms with E-state index in [-0.39, 0.29) is 40.8 Å². The first-order chi connectivity index (χ1) is 21.6. The van der Waals surface area contributed by atoms with Crippen LogP contribution in [0, 0.1) is 11.3 Å². The number of anilines is 1. The smallest absolute Gasteiger partial charge is 0.397 e. The topological polar surface area (TPSA) is 127 Å². The van der Waals surface area contributed by atoms with E-state index in [1.807, 2.05) is 4.72 Å². The largest absolute Gasteiger partial charge is 0.474 e. The van der Waals surface area contributed by atoms with E-state index in [2.05, 4.69) is 10.1 Å². The molecule has 1 unspecified atom stereocenters. The third-order valence-electron chi connectivity index (χ3n) is 7.39. The van der Waals surface area contributed by atoms with Crippen molar-refractivity contribution in [3.8, 4) is 11.7 Å². The van der Waals surface area contributed by atoms with Crippen LogP contribution in [-0.4, -0.2) is 65.2 Å². The number of aliphatic hydroxyl groups excluding tert-OH is 1. The summed E-state index contributed by atoms with van der Waals surface area (Å²) in [5, 5.41) is 14.3. The second-order valence-corrected chi connectivity index (χ2v) is 12.4. The van der Waals surface area contributed by atoms with Crippen LogP contribution in [0.2, 0.25) is 0 Å². The van der Waals surface area contributed by atoms with E-state index in [4.69, 9.17) is 11.6 Å². The van der Waals surface area contributed by atoms with Crippen LogP contribution in [0.4, 0.5) is 19.0 Å². The molecule has 0 bridgehead atoms. The summed E-state index contributed by atoms with van der Waals surface area (Å²) in [7, 11) is -4.36. The summed E-state index contributed by atoms with van der Waals surface area (Å²) >= 11 is 0. The first-order valence-corrected chi connectivity index (χ1v) is 14.4. The van der Waals surface area contributed by atoms with Crippen molar-refractivity contribution in [2.45, 2.75) is 62.6 Å². The lowest BCUT2D eigenvalue weighted by Gasteiger charge is -2.34. The monoisotopic (exact) mass is 612 g/mol. The maximum atomic E-state index is 13.5. The second-order valence-electron chi connectivity index (χ2n) is 10.7. The highest BCUT2D eigenvalue weighted by Gasteiger charge is 2.67. The molecule has 1 aliphatic heterocycles. The second kappa shape index (κ2) is 10.6. The molecular weight excluding hydrogens is 575 g/mol. The third kappa shape index (κ3) is 5.69. The highest BCUT2D eigenvalue weighted by molar-refractivity contribution is 7.90. The predicted molar refractivity (Wildman–Crippen MR) is 147 cm³/mol. The number of ether oxygens (including phenoxy) is 1. The Morgan fingerprint density at radius 2 is 1.95 bits per heavy atom. The average Bonchev–Trinajstić information content (AvgIpc) is 3.62. The number of hydrogen-bond acceptors (Lipinski definition) is 8. The zero-order valence-corrected chi connectivity index (χ0v) is 23.4. The highest BCUT2D eigenvalue weighted by atomic mass is 32.2. The van der Waals surface area contributed by atoms with Crippen LogP contribution in [0.15, 0.2) is 59.6 Å². The Kier molecular flexibility index (Phi) is 6.00. The molecule has 226 valence electrons. The zero-order chi connectivity index (χ0) is 34.8. The fourth-order valence-electron chi connectivity index (χ4n) is 4.87. The van der Waals surface area contributed by atoms with E-state index in [0.29, 0.717) is 0 Å². The summed E-state index contributed by atoms with van der Waals surface area (Å²) in [5.74, 6) is -3.02. The third-order valence-corrected chi connectivity index (χ3v) is 8.74. The molecule has 1 saturated heterocycles. The summed E-state index contributed by atoms with van der Waals surface area (Å²) in [6.45, 7) is -0.957. The number of amides is 1. The minimum atomic E-state index is -4.60. The maximum absolute atomic E-state index is 13.5. The van der Waals surface area contributed by atoms with Gasteiger partial charge in [-0.1, -0.05) is 25.1 Å². The normalized spacial score (nSPS) is 23.5. The molecule has 14 heteroatoms. The van der Waals surface area contributed by atoms with Gasteiger partial charge in [-0.05, 0) is 63.2 Å². The molecule has 2 fully saturated rings. The molecule has 1 amide bonds. The molecular formula is C28H32F3N5O5S. The number of hydrogen-bond donors (Lipinski definition) is 2. The van der Waals surface area contributed by atoms with Crippen LogP contribution in [0.5, 0.6) is 5.88 Å². The van der Waals surface area contributed by atoms with Gasteiger partial charge >= 0.3 is 6.18 Å². The lowest BCUT2D eigenvalue weighted by molar-refractivity contribution is -0.217. The van der Waals surface area contributed by atoms with E-state index in [0.717, 1.165) is 4.68 Å². The van der Waals surface area contributed by atoms with Gasteiger partial charge in [-0.3, -0.25) is 4.79 Å². The lowest BCUT2D eigenvalue weighted by atomic mass is 9.97. The van der Waals surface area contributed by atoms with Crippen LogP contribution in [0.3, 0.4) is 0 Å². The molecule has 42 heavy (non-hydrogen) atoms. The molecule has 2 aromatic heterocycles. The van der Waals surface area contributed by atoms with Gasteiger partial charge in [0.2, 0.25) is 5.88 Å². The molecule has 3 aromatic rings. The van der Waals surface area contributed by atoms with Gasteiger partial charge in [0.1, 0.15) is 18.5 Å². The minimum absolute atomic E-state index is 0.000476. The van der Waals surface area contributed by atoms with Crippen molar-refractivity contribution in [3.63, 3.8) is 0 Å². The number of alkyl halides is 3. The fraction of sp³-hybridized carbons (Fsp3) is 0.464. The Labute approximate surface area is 248 Å². The van der Waals surface area contributed by atoms with E-state index in [1.54, 1.807) is 6.07 Å². The number of pyridine rings is 1. The quantitative estimate of drug-likeness (QED) is 0.370. The van der Waals surface area contributed by atoms with E-state index < -0.39 is 71.5 Å². The molecule has 0 radical (unpaired) electrons. The molecule has 1 aromatic carbocycles. The first kappa shape index (κ1) is 23.9. The zero-order valence-electron chi connectivity index (χ0n) is 27.6. The Balaban J connectivity index is 1.49. The summed E-state index contributed by atoms with van der Waals surface area (Å²) < 4.78 is 116. The van der Waals surface area contributed by atoms with Gasteiger partial charge in [0, 0.05) is 31.2 Å². The van der Waals surface area contributed by atoms with Crippen molar-refractivity contribution < 1.29 is 43.1 Å². The van der Waals surface area contributed by atoms with Crippen molar-refractivity contribution >= 4 is 21.7 Å². The number of carbonyl (C=O) groups is 1. The average molecular weight is 613 g/mol. The van der Waals surface area contributed by atoms with E-state index in [1.165, 1.54) is 67.4 Å². The number of nitrogens with zero attached hydrogens (tertiary/aromatic N) is 4. The first-order valence-electron chi connectivity index (χ1n) is 15.5. The Hall–Kier alpha value is -3.65. The van der Waals surface area contributed by atoms with Crippen LogP contribution < -0.4 is 14.4 Å². The molecule has 1 aliphatic carbocycles. The van der Waals surface area contributed by atoms with Gasteiger partial charge in [0.15, 0.2) is 5.82 Å². The Bertz CT molecular complexity index is 1770. The van der Waals surface area contributed by atoms with E-state index >= 15 is 0 Å². The standard InChI is InChI=1S/C28H32F3N5O5S/c1-18-15-26(2,3)35(16-18)24-20(25(38)34-42(39,40)19-7-5-4-6-8-19)9-10-22(32-24)36-14-11-23(33-36)41-17-21(37)27(12-13-27)28(29,30)31/h4-11,14,18,21,37H,12-13,15-17H2,1-3H3,(H,34,38)/t18-,21?/m0/s1/i1D3,15D2. The summed E-state index contributed by atoms with van der Waals surface area (Å²) in [5.41, 5.74) is -4.11. The van der Waals surface area contributed by atoms with E-state index in [9.17, 15) is 31.5 Å². The fourth-order valence-corrected chi connectivity index (χ4v) is 5.86. The van der Waals surface area contributed by atoms with Crippen molar-refractivity contribution in [3.05, 3.63) is 60.3 Å². The molecule has 3 heterocycles. The van der Waals surface area contributed by atoms with Crippen molar-refractivity contribution in [1.82, 2.24) is 19.5 Å². The number of nitrogens with one attached hydrogen (secondary N) is 1. The van der Waals surface area contributed by atoms with Crippen LogP contribution in [0.1, 0.15) is 57.1 Å². The highest BCUT2D eigenvalue weighted by Crippen LogP contribution is 2.59. The maximum Gasteiger partial charge on any atom is 0.397 e. The Morgan fingerprint density at radius 1 is 1.24 bits per heavy atom. The number of benzene rings is 1. The number of aromatic nitrogens is 3. The summed E-state index contributed by atoms with van der Waals surface area (Å²) in [6, 6.07) is 10.9. The van der Waals surface area contributed by atoms with Crippen LogP contribution >= 0.6 is 0 Å². The number of sulfonamides is 1. The molecule has 2 aliphatic rings. The SMILES string of the molecule is [2H]C([2H])([2H])[C@@H]1CN(c2nc(-n3ccc(OCC(O)C4(C(F)(F)F)CC4)n3)ccc2C(=O)NS(=O)(=O)c2ccccc2)C(C)(C)C1([2H])[2H].